The zero-order valence-corrected chi connectivity index (χ0v) is 10.6. The van der Waals surface area contributed by atoms with Crippen LogP contribution >= 0.6 is 11.3 Å². The highest BCUT2D eigenvalue weighted by atomic mass is 32.1. The van der Waals surface area contributed by atoms with E-state index in [0.29, 0.717) is 6.42 Å². The fraction of sp³-hybridized carbons (Fsp3) is 0.357. The normalized spacial score (nSPS) is 10.5. The minimum Gasteiger partial charge on any atom is -0.313 e. The van der Waals surface area contributed by atoms with Crippen molar-refractivity contribution in [3.8, 4) is 6.07 Å². The first-order valence-corrected chi connectivity index (χ1v) is 6.82. The molecule has 2 aromatic rings. The zero-order valence-electron chi connectivity index (χ0n) is 9.78. The molecule has 88 valence electrons. The molecule has 1 aromatic carbocycles. The van der Waals surface area contributed by atoms with Crippen LogP contribution in [0.3, 0.4) is 0 Å². The molecule has 0 aliphatic rings. The first kappa shape index (κ1) is 12.1. The van der Waals surface area contributed by atoms with Crippen LogP contribution in [0.25, 0.3) is 10.1 Å². The molecule has 0 fully saturated rings. The van der Waals surface area contributed by atoms with Crippen molar-refractivity contribution in [3.05, 3.63) is 35.2 Å². The number of unbranched alkanes of at least 4 members (excludes halogenated alkanes) is 2. The molecule has 0 spiro atoms. The van der Waals surface area contributed by atoms with E-state index < -0.39 is 0 Å². The van der Waals surface area contributed by atoms with Crippen LogP contribution in [0.1, 0.15) is 24.8 Å². The van der Waals surface area contributed by atoms with Gasteiger partial charge in [0.15, 0.2) is 0 Å². The van der Waals surface area contributed by atoms with E-state index in [9.17, 15) is 0 Å². The quantitative estimate of drug-likeness (QED) is 0.787. The highest BCUT2D eigenvalue weighted by Gasteiger charge is 2.01. The van der Waals surface area contributed by atoms with Gasteiger partial charge < -0.3 is 5.32 Å². The number of fused-ring (bicyclic) bond motifs is 1. The zero-order chi connectivity index (χ0) is 11.9. The Morgan fingerprint density at radius 2 is 2.12 bits per heavy atom. The van der Waals surface area contributed by atoms with Crippen LogP contribution in [0.15, 0.2) is 29.6 Å². The second-order valence-electron chi connectivity index (χ2n) is 4.05. The summed E-state index contributed by atoms with van der Waals surface area (Å²) in [5, 5.41) is 15.5. The van der Waals surface area contributed by atoms with Gasteiger partial charge in [-0.1, -0.05) is 18.2 Å². The molecule has 0 aliphatic carbocycles. The first-order chi connectivity index (χ1) is 8.42. The second-order valence-corrected chi connectivity index (χ2v) is 4.96. The molecule has 0 saturated carbocycles. The van der Waals surface area contributed by atoms with Gasteiger partial charge in [-0.25, -0.2) is 0 Å². The summed E-state index contributed by atoms with van der Waals surface area (Å²) in [6, 6.07) is 10.7. The Morgan fingerprint density at radius 1 is 1.24 bits per heavy atom. The molecule has 1 aromatic heterocycles. The van der Waals surface area contributed by atoms with Gasteiger partial charge in [0.05, 0.1) is 6.07 Å². The van der Waals surface area contributed by atoms with Gasteiger partial charge in [-0.05, 0) is 41.8 Å². The fourth-order valence-corrected chi connectivity index (χ4v) is 2.81. The lowest BCUT2D eigenvalue weighted by Crippen LogP contribution is -2.14. The van der Waals surface area contributed by atoms with E-state index in [2.05, 4.69) is 41.0 Å². The van der Waals surface area contributed by atoms with Crippen LogP contribution in [-0.4, -0.2) is 6.54 Å². The monoisotopic (exact) mass is 244 g/mol. The Hall–Kier alpha value is -1.37. The number of thiophene rings is 1. The summed E-state index contributed by atoms with van der Waals surface area (Å²) in [6.07, 6.45) is 2.74. The van der Waals surface area contributed by atoms with E-state index in [1.807, 2.05) is 0 Å². The van der Waals surface area contributed by atoms with Gasteiger partial charge in [0.2, 0.25) is 0 Å². The molecule has 0 unspecified atom stereocenters. The predicted molar refractivity (Wildman–Crippen MR) is 73.0 cm³/mol. The highest BCUT2D eigenvalue weighted by Crippen LogP contribution is 2.25. The van der Waals surface area contributed by atoms with Crippen molar-refractivity contribution < 1.29 is 0 Å². The van der Waals surface area contributed by atoms with Crippen molar-refractivity contribution in [1.29, 1.82) is 5.26 Å². The Kier molecular flexibility index (Phi) is 4.54. The van der Waals surface area contributed by atoms with E-state index >= 15 is 0 Å². The maximum Gasteiger partial charge on any atom is 0.0621 e. The van der Waals surface area contributed by atoms with Gasteiger partial charge in [0.1, 0.15) is 0 Å². The lowest BCUT2D eigenvalue weighted by Gasteiger charge is -2.02. The van der Waals surface area contributed by atoms with Crippen LogP contribution in [0, 0.1) is 11.3 Å². The van der Waals surface area contributed by atoms with Crippen molar-refractivity contribution in [2.24, 2.45) is 0 Å². The minimum absolute atomic E-state index is 0.670. The Labute approximate surface area is 106 Å². The molecular weight excluding hydrogens is 228 g/mol. The van der Waals surface area contributed by atoms with Crippen molar-refractivity contribution in [1.82, 2.24) is 5.32 Å². The average Bonchev–Trinajstić information content (AvgIpc) is 2.77. The van der Waals surface area contributed by atoms with Crippen LogP contribution < -0.4 is 5.32 Å². The van der Waals surface area contributed by atoms with Gasteiger partial charge in [-0.15, -0.1) is 11.3 Å². The molecule has 0 aliphatic heterocycles. The molecule has 0 radical (unpaired) electrons. The largest absolute Gasteiger partial charge is 0.313 e. The highest BCUT2D eigenvalue weighted by molar-refractivity contribution is 7.17. The number of benzene rings is 1. The molecule has 17 heavy (non-hydrogen) atoms. The van der Waals surface area contributed by atoms with Gasteiger partial charge in [0, 0.05) is 17.7 Å². The molecule has 0 atom stereocenters. The summed E-state index contributed by atoms with van der Waals surface area (Å²) in [5.41, 5.74) is 1.38. The van der Waals surface area contributed by atoms with Crippen molar-refractivity contribution >= 4 is 21.4 Å². The predicted octanol–water partition coefficient (Wildman–Crippen LogP) is 3.68. The average molecular weight is 244 g/mol. The molecular formula is C14H16N2S. The first-order valence-electron chi connectivity index (χ1n) is 5.94. The van der Waals surface area contributed by atoms with E-state index in [-0.39, 0.29) is 0 Å². The van der Waals surface area contributed by atoms with Gasteiger partial charge >= 0.3 is 0 Å². The van der Waals surface area contributed by atoms with Crippen LogP contribution in [0.2, 0.25) is 0 Å². The van der Waals surface area contributed by atoms with E-state index in [1.54, 1.807) is 11.3 Å². The number of nitrogens with zero attached hydrogens (tertiary/aromatic N) is 1. The topological polar surface area (TPSA) is 35.8 Å². The van der Waals surface area contributed by atoms with Crippen molar-refractivity contribution in [2.75, 3.05) is 6.54 Å². The Morgan fingerprint density at radius 3 is 3.00 bits per heavy atom. The summed E-state index contributed by atoms with van der Waals surface area (Å²) >= 11 is 1.80. The van der Waals surface area contributed by atoms with Gasteiger partial charge in [-0.2, -0.15) is 5.26 Å². The molecule has 1 N–H and O–H groups in total. The summed E-state index contributed by atoms with van der Waals surface area (Å²) in [4.78, 5) is 0. The van der Waals surface area contributed by atoms with E-state index in [4.69, 9.17) is 5.26 Å². The fourth-order valence-electron chi connectivity index (χ4n) is 1.85. The smallest absolute Gasteiger partial charge is 0.0621 e. The summed E-state index contributed by atoms with van der Waals surface area (Å²) < 4.78 is 1.36. The van der Waals surface area contributed by atoms with Crippen LogP contribution in [0.4, 0.5) is 0 Å². The molecule has 0 amide bonds. The molecule has 1 heterocycles. The third-order valence-electron chi connectivity index (χ3n) is 2.77. The van der Waals surface area contributed by atoms with Crippen molar-refractivity contribution in [2.45, 2.75) is 25.8 Å². The van der Waals surface area contributed by atoms with E-state index in [0.717, 1.165) is 25.9 Å². The third-order valence-corrected chi connectivity index (χ3v) is 3.78. The van der Waals surface area contributed by atoms with Crippen LogP contribution in [-0.2, 0) is 6.54 Å². The molecule has 2 rings (SSSR count). The molecule has 2 nitrogen and oxygen atoms in total. The summed E-state index contributed by atoms with van der Waals surface area (Å²) in [7, 11) is 0. The number of hydrogen-bond donors (Lipinski definition) is 1. The van der Waals surface area contributed by atoms with Crippen molar-refractivity contribution in [3.63, 3.8) is 0 Å². The lowest BCUT2D eigenvalue weighted by atomic mass is 10.2. The van der Waals surface area contributed by atoms with E-state index in [1.165, 1.54) is 15.6 Å². The Balaban J connectivity index is 1.81. The minimum atomic E-state index is 0.670. The Bertz CT molecular complexity index is 510. The standard InChI is InChI=1S/C14H16N2S/c15-8-4-1-5-9-16-10-12-11-17-14-7-3-2-6-13(12)14/h2-3,6-7,11,16H,1,4-5,9-10H2. The van der Waals surface area contributed by atoms with Gasteiger partial charge in [-0.3, -0.25) is 0 Å². The van der Waals surface area contributed by atoms with Gasteiger partial charge in [0.25, 0.3) is 0 Å². The van der Waals surface area contributed by atoms with Crippen LogP contribution in [0.5, 0.6) is 0 Å². The molecule has 0 saturated heterocycles. The SMILES string of the molecule is N#CCCCCNCc1csc2ccccc12. The number of nitrogens with one attached hydrogen (secondary N) is 1. The lowest BCUT2D eigenvalue weighted by molar-refractivity contribution is 0.631. The number of nitriles is 1. The molecule has 3 heteroatoms. The third kappa shape index (κ3) is 3.29. The molecule has 0 bridgehead atoms. The maximum atomic E-state index is 8.42. The second kappa shape index (κ2) is 6.39. The maximum absolute atomic E-state index is 8.42. The number of rotatable bonds is 6. The summed E-state index contributed by atoms with van der Waals surface area (Å²) in [5.74, 6) is 0. The summed E-state index contributed by atoms with van der Waals surface area (Å²) in [6.45, 7) is 1.92. The number of hydrogen-bond acceptors (Lipinski definition) is 3.